The molecule has 2 aromatic heterocycles. The molecule has 1 amide bonds. The van der Waals surface area contributed by atoms with Gasteiger partial charge in [-0.2, -0.15) is 4.98 Å². The molecule has 8 heteroatoms. The Morgan fingerprint density at radius 2 is 1.92 bits per heavy atom. The van der Waals surface area contributed by atoms with E-state index < -0.39 is 0 Å². The maximum absolute atomic E-state index is 13.0. The molecule has 5 heterocycles. The Hall–Kier alpha value is -2.22. The van der Waals surface area contributed by atoms with Gasteiger partial charge in [-0.3, -0.25) is 9.69 Å². The first kappa shape index (κ1) is 16.3. The van der Waals surface area contributed by atoms with Crippen LogP contribution in [0.3, 0.4) is 0 Å². The first-order valence-electron chi connectivity index (χ1n) is 8.75. The van der Waals surface area contributed by atoms with Gasteiger partial charge in [-0.25, -0.2) is 0 Å². The van der Waals surface area contributed by atoms with Crippen molar-refractivity contribution in [1.82, 2.24) is 25.1 Å². The Kier molecular flexibility index (Phi) is 4.07. The summed E-state index contributed by atoms with van der Waals surface area (Å²) < 4.78 is 10.5. The lowest BCUT2D eigenvalue weighted by molar-refractivity contribution is -0.140. The van der Waals surface area contributed by atoms with Gasteiger partial charge >= 0.3 is 0 Å². The summed E-state index contributed by atoms with van der Waals surface area (Å²) in [7, 11) is 0. The second kappa shape index (κ2) is 6.25. The summed E-state index contributed by atoms with van der Waals surface area (Å²) in [5.74, 6) is 2.32. The lowest BCUT2D eigenvalue weighted by atomic mass is 9.93. The number of nitrogens with zero attached hydrogens (tertiary/aromatic N) is 5. The maximum Gasteiger partial charge on any atom is 0.240 e. The topological polar surface area (TPSA) is 88.5 Å². The number of piperidine rings is 1. The molecule has 0 unspecified atom stereocenters. The number of rotatable bonds is 4. The molecule has 0 aliphatic carbocycles. The zero-order valence-corrected chi connectivity index (χ0v) is 14.9. The summed E-state index contributed by atoms with van der Waals surface area (Å²) in [4.78, 5) is 21.5. The normalized spacial score (nSPS) is 24.1. The number of amides is 1. The molecular weight excluding hydrogens is 322 g/mol. The Morgan fingerprint density at radius 1 is 1.08 bits per heavy atom. The van der Waals surface area contributed by atoms with E-state index in [4.69, 9.17) is 9.05 Å². The van der Waals surface area contributed by atoms with Gasteiger partial charge in [-0.15, -0.1) is 0 Å². The lowest BCUT2D eigenvalue weighted by Gasteiger charge is -2.36. The average Bonchev–Trinajstić information content (AvgIpc) is 3.00. The first-order chi connectivity index (χ1) is 12.0. The van der Waals surface area contributed by atoms with E-state index in [9.17, 15) is 4.79 Å². The fourth-order valence-corrected chi connectivity index (χ4v) is 3.96. The minimum atomic E-state index is 0.0308. The number of aromatic nitrogens is 3. The van der Waals surface area contributed by atoms with Crippen LogP contribution in [0.15, 0.2) is 9.05 Å². The third-order valence-electron chi connectivity index (χ3n) is 5.31. The number of carbonyl (C=O) groups excluding carboxylic acids is 1. The van der Waals surface area contributed by atoms with Crippen molar-refractivity contribution in [3.8, 4) is 0 Å². The standard InChI is InChI=1S/C17H23N5O3/c1-10-15(11(2)24-19-10)8-22-14-5-4-13(17(22)23)6-21(7-14)9-16-18-12(3)20-25-16/h13-14H,4-9H2,1-3H3/t13-,14+/m0/s1. The van der Waals surface area contributed by atoms with Crippen LogP contribution in [0.1, 0.15) is 41.6 Å². The Bertz CT molecular complexity index is 764. The molecule has 5 rings (SSSR count). The summed E-state index contributed by atoms with van der Waals surface area (Å²) in [5, 5.41) is 7.87. The van der Waals surface area contributed by atoms with Crippen LogP contribution >= 0.6 is 0 Å². The molecule has 0 spiro atoms. The molecule has 3 aliphatic rings. The third-order valence-corrected chi connectivity index (χ3v) is 5.31. The molecule has 8 nitrogen and oxygen atoms in total. The van der Waals surface area contributed by atoms with Crippen molar-refractivity contribution in [2.75, 3.05) is 13.1 Å². The molecule has 25 heavy (non-hydrogen) atoms. The molecule has 2 atom stereocenters. The molecule has 2 aromatic rings. The predicted octanol–water partition coefficient (Wildman–Crippen LogP) is 1.61. The van der Waals surface area contributed by atoms with E-state index >= 15 is 0 Å². The average molecular weight is 345 g/mol. The van der Waals surface area contributed by atoms with Gasteiger partial charge in [0.15, 0.2) is 5.82 Å². The lowest BCUT2D eigenvalue weighted by Crippen LogP contribution is -2.47. The summed E-state index contributed by atoms with van der Waals surface area (Å²) in [6.45, 7) is 8.39. The largest absolute Gasteiger partial charge is 0.361 e. The van der Waals surface area contributed by atoms with Gasteiger partial charge in [0, 0.05) is 24.7 Å². The molecule has 0 saturated carbocycles. The van der Waals surface area contributed by atoms with E-state index in [1.54, 1.807) is 0 Å². The number of aryl methyl sites for hydroxylation is 3. The van der Waals surface area contributed by atoms with Crippen LogP contribution < -0.4 is 0 Å². The van der Waals surface area contributed by atoms with Crippen molar-refractivity contribution in [2.24, 2.45) is 5.92 Å². The summed E-state index contributed by atoms with van der Waals surface area (Å²) in [5.41, 5.74) is 1.89. The van der Waals surface area contributed by atoms with E-state index in [0.717, 1.165) is 42.9 Å². The molecule has 0 aromatic carbocycles. The minimum absolute atomic E-state index is 0.0308. The minimum Gasteiger partial charge on any atom is -0.361 e. The van der Waals surface area contributed by atoms with Gasteiger partial charge in [0.05, 0.1) is 24.7 Å². The SMILES string of the molecule is Cc1noc(CN2C[C@@H]3CC[C@H](C2)N(Cc2c(C)noc2C)C3=O)n1. The van der Waals surface area contributed by atoms with Crippen molar-refractivity contribution in [1.29, 1.82) is 0 Å². The highest BCUT2D eigenvalue weighted by Crippen LogP contribution is 2.31. The Morgan fingerprint density at radius 3 is 2.60 bits per heavy atom. The number of carbonyl (C=O) groups is 1. The second-order valence-corrected chi connectivity index (χ2v) is 7.13. The maximum atomic E-state index is 13.0. The second-order valence-electron chi connectivity index (χ2n) is 7.13. The van der Waals surface area contributed by atoms with Crippen LogP contribution in [0, 0.1) is 26.7 Å². The zero-order chi connectivity index (χ0) is 17.6. The highest BCUT2D eigenvalue weighted by molar-refractivity contribution is 5.80. The number of hydrogen-bond acceptors (Lipinski definition) is 7. The highest BCUT2D eigenvalue weighted by atomic mass is 16.5. The summed E-state index contributed by atoms with van der Waals surface area (Å²) >= 11 is 0. The molecule has 0 radical (unpaired) electrons. The first-order valence-corrected chi connectivity index (χ1v) is 8.75. The zero-order valence-electron chi connectivity index (χ0n) is 14.9. The Labute approximate surface area is 146 Å². The monoisotopic (exact) mass is 345 g/mol. The predicted molar refractivity (Wildman–Crippen MR) is 87.4 cm³/mol. The van der Waals surface area contributed by atoms with Gasteiger partial charge in [-0.1, -0.05) is 10.3 Å². The van der Waals surface area contributed by atoms with E-state index in [-0.39, 0.29) is 17.9 Å². The van der Waals surface area contributed by atoms with Gasteiger partial charge < -0.3 is 13.9 Å². The van der Waals surface area contributed by atoms with Crippen molar-refractivity contribution >= 4 is 5.91 Å². The van der Waals surface area contributed by atoms with Crippen molar-refractivity contribution in [2.45, 2.75) is 52.7 Å². The fourth-order valence-electron chi connectivity index (χ4n) is 3.96. The smallest absolute Gasteiger partial charge is 0.240 e. The van der Waals surface area contributed by atoms with Gasteiger partial charge in [-0.05, 0) is 33.6 Å². The summed E-state index contributed by atoms with van der Waals surface area (Å²) in [6.07, 6.45) is 1.97. The fraction of sp³-hybridized carbons (Fsp3) is 0.647. The third kappa shape index (κ3) is 3.06. The quantitative estimate of drug-likeness (QED) is 0.831. The van der Waals surface area contributed by atoms with Crippen LogP contribution in [0.2, 0.25) is 0 Å². The van der Waals surface area contributed by atoms with Gasteiger partial charge in [0.1, 0.15) is 5.76 Å². The van der Waals surface area contributed by atoms with Crippen LogP contribution in [0.5, 0.6) is 0 Å². The van der Waals surface area contributed by atoms with Gasteiger partial charge in [0.2, 0.25) is 11.8 Å². The van der Waals surface area contributed by atoms with Crippen LogP contribution in [0.25, 0.3) is 0 Å². The summed E-state index contributed by atoms with van der Waals surface area (Å²) in [6, 6.07) is 0.198. The number of hydrogen-bond donors (Lipinski definition) is 0. The Balaban J connectivity index is 1.52. The molecule has 2 bridgehead atoms. The van der Waals surface area contributed by atoms with E-state index in [1.165, 1.54) is 0 Å². The molecule has 3 aliphatic heterocycles. The van der Waals surface area contributed by atoms with Crippen LogP contribution in [-0.2, 0) is 17.9 Å². The van der Waals surface area contributed by atoms with Gasteiger partial charge in [0.25, 0.3) is 0 Å². The van der Waals surface area contributed by atoms with Crippen molar-refractivity contribution < 1.29 is 13.8 Å². The van der Waals surface area contributed by atoms with E-state index in [0.29, 0.717) is 24.8 Å². The number of fused-ring (bicyclic) bond motifs is 4. The highest BCUT2D eigenvalue weighted by Gasteiger charge is 2.41. The van der Waals surface area contributed by atoms with Crippen LogP contribution in [-0.4, -0.2) is 50.1 Å². The van der Waals surface area contributed by atoms with E-state index in [2.05, 4.69) is 20.2 Å². The van der Waals surface area contributed by atoms with Crippen LogP contribution in [0.4, 0.5) is 0 Å². The molecule has 3 saturated heterocycles. The molecule has 134 valence electrons. The molecule has 0 N–H and O–H groups in total. The van der Waals surface area contributed by atoms with Crippen molar-refractivity contribution in [3.63, 3.8) is 0 Å². The van der Waals surface area contributed by atoms with E-state index in [1.807, 2.05) is 25.7 Å². The molecule has 3 fully saturated rings. The molecular formula is C17H23N5O3. The van der Waals surface area contributed by atoms with Crippen molar-refractivity contribution in [3.05, 3.63) is 28.7 Å².